The van der Waals surface area contributed by atoms with Crippen molar-refractivity contribution in [3.8, 4) is 0 Å². The Morgan fingerprint density at radius 2 is 1.66 bits per heavy atom. The van der Waals surface area contributed by atoms with Crippen molar-refractivity contribution in [1.29, 1.82) is 0 Å². The Morgan fingerprint density at radius 1 is 1.11 bits per heavy atom. The molecular formula is C26H33N3O5Si. The number of nitrogens with two attached hydrogens (primary N) is 1. The van der Waals surface area contributed by atoms with Crippen molar-refractivity contribution < 1.29 is 14.7 Å². The molecular weight excluding hydrogens is 462 g/mol. The molecule has 9 heteroatoms. The van der Waals surface area contributed by atoms with Gasteiger partial charge in [0.2, 0.25) is 0 Å². The molecule has 1 fully saturated rings. The Kier molecular flexibility index (Phi) is 6.73. The first-order chi connectivity index (χ1) is 16.6. The van der Waals surface area contributed by atoms with E-state index in [2.05, 4.69) is 50.0 Å². The maximum atomic E-state index is 13.5. The monoisotopic (exact) mass is 495 g/mol. The topological polar surface area (TPSA) is 120 Å². The number of aliphatic hydroxyl groups is 1. The molecule has 0 saturated carbocycles. The van der Waals surface area contributed by atoms with Gasteiger partial charge in [-0.25, -0.2) is 10.7 Å². The molecule has 186 valence electrons. The summed E-state index contributed by atoms with van der Waals surface area (Å²) in [5.74, 6) is 5.70. The van der Waals surface area contributed by atoms with Crippen molar-refractivity contribution in [3.05, 3.63) is 93.3 Å². The van der Waals surface area contributed by atoms with Crippen LogP contribution in [0.3, 0.4) is 0 Å². The van der Waals surface area contributed by atoms with Gasteiger partial charge < -0.3 is 9.84 Å². The standard InChI is InChI=1S/C26H33N3O5Si/c1-18-16-29(24(32)28-23(18)31)26(15-21(34-27)22(17-30)33-26)35(25(2,3)4,19-11-7-5-8-12-19)20-13-9-6-10-14-20/h5-14,16,21-22,30H,15,17,27H2,1-4H3,(H,28,31,32)/t21-,22+,26-/m0/s1. The highest BCUT2D eigenvalue weighted by atomic mass is 28.3. The fourth-order valence-electron chi connectivity index (χ4n) is 5.93. The maximum Gasteiger partial charge on any atom is 0.330 e. The lowest BCUT2D eigenvalue weighted by Crippen LogP contribution is -2.79. The molecule has 1 aliphatic rings. The van der Waals surface area contributed by atoms with Crippen LogP contribution >= 0.6 is 0 Å². The van der Waals surface area contributed by atoms with E-state index in [-0.39, 0.29) is 13.0 Å². The lowest BCUT2D eigenvalue weighted by molar-refractivity contribution is -0.0857. The van der Waals surface area contributed by atoms with Crippen molar-refractivity contribution in [2.45, 2.75) is 56.7 Å². The highest BCUT2D eigenvalue weighted by Gasteiger charge is 2.68. The normalized spacial score (nSPS) is 22.9. The van der Waals surface area contributed by atoms with Gasteiger partial charge in [0, 0.05) is 18.2 Å². The molecule has 0 bridgehead atoms. The number of nitrogens with one attached hydrogen (secondary N) is 1. The van der Waals surface area contributed by atoms with Crippen molar-refractivity contribution >= 4 is 18.4 Å². The van der Waals surface area contributed by atoms with Gasteiger partial charge in [0.15, 0.2) is 8.07 Å². The number of hydrogen-bond acceptors (Lipinski definition) is 6. The quantitative estimate of drug-likeness (QED) is 0.349. The molecule has 4 N–H and O–H groups in total. The summed E-state index contributed by atoms with van der Waals surface area (Å²) in [6.45, 7) is 7.78. The van der Waals surface area contributed by atoms with Crippen LogP contribution in [0.1, 0.15) is 32.8 Å². The molecule has 0 aliphatic carbocycles. The number of ether oxygens (including phenoxy) is 1. The van der Waals surface area contributed by atoms with Crippen LogP contribution in [0, 0.1) is 6.92 Å². The fraction of sp³-hybridized carbons (Fsp3) is 0.385. The first-order valence-electron chi connectivity index (χ1n) is 11.7. The second kappa shape index (κ2) is 9.33. The first-order valence-corrected chi connectivity index (χ1v) is 13.7. The molecule has 2 aromatic carbocycles. The lowest BCUT2D eigenvalue weighted by Gasteiger charge is -2.54. The minimum absolute atomic E-state index is 0.216. The number of hydrogen-bond donors (Lipinski definition) is 3. The Morgan fingerprint density at radius 3 is 2.09 bits per heavy atom. The van der Waals surface area contributed by atoms with Crippen LogP contribution < -0.4 is 27.5 Å². The molecule has 2 heterocycles. The van der Waals surface area contributed by atoms with E-state index in [0.717, 1.165) is 10.4 Å². The third-order valence-electron chi connectivity index (χ3n) is 7.23. The Bertz CT molecular complexity index is 1230. The summed E-state index contributed by atoms with van der Waals surface area (Å²) in [5, 5.41) is 10.6. The second-order valence-corrected chi connectivity index (χ2v) is 15.1. The van der Waals surface area contributed by atoms with Crippen LogP contribution in [0.4, 0.5) is 0 Å². The van der Waals surface area contributed by atoms with Crippen LogP contribution in [0.15, 0.2) is 76.4 Å². The summed E-state index contributed by atoms with van der Waals surface area (Å²) in [5.41, 5.74) is -0.654. The number of rotatable bonds is 6. The number of aryl methyl sites for hydroxylation is 1. The zero-order chi connectivity index (χ0) is 25.4. The third kappa shape index (κ3) is 3.84. The smallest absolute Gasteiger partial charge is 0.330 e. The van der Waals surface area contributed by atoms with E-state index >= 15 is 0 Å². The van der Waals surface area contributed by atoms with Gasteiger partial charge in [-0.3, -0.25) is 19.2 Å². The molecule has 8 nitrogen and oxygen atoms in total. The van der Waals surface area contributed by atoms with Gasteiger partial charge in [-0.2, -0.15) is 0 Å². The van der Waals surface area contributed by atoms with Crippen molar-refractivity contribution in [2.24, 2.45) is 5.90 Å². The SMILES string of the molecule is Cc1cn([C@@]2([Si](c3ccccc3)(c3ccccc3)C(C)(C)C)C[C@H](ON)[C@@H](CO)O2)c(=O)[nH]c1=O. The van der Waals surface area contributed by atoms with Gasteiger partial charge in [-0.1, -0.05) is 81.4 Å². The maximum absolute atomic E-state index is 13.5. The molecule has 1 aliphatic heterocycles. The van der Waals surface area contributed by atoms with E-state index in [0.29, 0.717) is 5.56 Å². The number of nitrogens with zero attached hydrogens (tertiary/aromatic N) is 1. The molecule has 0 radical (unpaired) electrons. The predicted molar refractivity (Wildman–Crippen MR) is 137 cm³/mol. The molecule has 4 rings (SSSR count). The number of aromatic amines is 1. The summed E-state index contributed by atoms with van der Waals surface area (Å²) < 4.78 is 8.33. The highest BCUT2D eigenvalue weighted by molar-refractivity contribution is 7.05. The summed E-state index contributed by atoms with van der Waals surface area (Å²) in [7, 11) is -3.22. The molecule has 3 atom stereocenters. The number of H-pyrrole nitrogens is 1. The zero-order valence-corrected chi connectivity index (χ0v) is 21.5. The van der Waals surface area contributed by atoms with Crippen LogP contribution in [0.2, 0.25) is 5.04 Å². The second-order valence-electron chi connectivity index (χ2n) is 10.2. The van der Waals surface area contributed by atoms with Gasteiger partial charge in [-0.15, -0.1) is 0 Å². The average molecular weight is 496 g/mol. The molecule has 3 aromatic rings. The summed E-state index contributed by atoms with van der Waals surface area (Å²) in [6.07, 6.45) is 0.350. The number of aromatic nitrogens is 2. The summed E-state index contributed by atoms with van der Waals surface area (Å²) >= 11 is 0. The van der Waals surface area contributed by atoms with Gasteiger partial charge in [0.05, 0.1) is 6.61 Å². The first kappa shape index (κ1) is 25.3. The van der Waals surface area contributed by atoms with Gasteiger partial charge >= 0.3 is 5.69 Å². The predicted octanol–water partition coefficient (Wildman–Crippen LogP) is 1.14. The molecule has 0 amide bonds. The Balaban J connectivity index is 2.23. The average Bonchev–Trinajstić information content (AvgIpc) is 3.22. The molecule has 1 saturated heterocycles. The largest absolute Gasteiger partial charge is 0.394 e. The minimum Gasteiger partial charge on any atom is -0.394 e. The molecule has 1 aromatic heterocycles. The van der Waals surface area contributed by atoms with E-state index in [1.807, 2.05) is 36.4 Å². The Hall–Kier alpha value is -2.82. The van der Waals surface area contributed by atoms with E-state index < -0.39 is 41.9 Å². The summed E-state index contributed by atoms with van der Waals surface area (Å²) in [6, 6.07) is 20.1. The Labute approximate surface area is 205 Å². The van der Waals surface area contributed by atoms with Crippen molar-refractivity contribution in [3.63, 3.8) is 0 Å². The van der Waals surface area contributed by atoms with Crippen molar-refractivity contribution in [1.82, 2.24) is 9.55 Å². The van der Waals surface area contributed by atoms with Gasteiger partial charge in [0.1, 0.15) is 17.6 Å². The van der Waals surface area contributed by atoms with Crippen LogP contribution in [0.5, 0.6) is 0 Å². The lowest BCUT2D eigenvalue weighted by atomic mass is 10.2. The minimum atomic E-state index is -3.22. The number of aliphatic hydroxyl groups excluding tert-OH is 1. The van der Waals surface area contributed by atoms with Gasteiger partial charge in [-0.05, 0) is 22.3 Å². The summed E-state index contributed by atoms with van der Waals surface area (Å²) in [4.78, 5) is 33.7. The molecule has 35 heavy (non-hydrogen) atoms. The third-order valence-corrected chi connectivity index (χ3v) is 13.6. The van der Waals surface area contributed by atoms with Crippen molar-refractivity contribution in [2.75, 3.05) is 6.61 Å². The van der Waals surface area contributed by atoms with Gasteiger partial charge in [0.25, 0.3) is 5.56 Å². The highest BCUT2D eigenvalue weighted by Crippen LogP contribution is 2.51. The molecule has 0 unspecified atom stereocenters. The van der Waals surface area contributed by atoms with Crippen LogP contribution in [0.25, 0.3) is 0 Å². The van der Waals surface area contributed by atoms with E-state index in [1.54, 1.807) is 13.1 Å². The van der Waals surface area contributed by atoms with Crippen LogP contribution in [-0.4, -0.2) is 41.5 Å². The van der Waals surface area contributed by atoms with E-state index in [1.165, 1.54) is 4.57 Å². The van der Waals surface area contributed by atoms with E-state index in [9.17, 15) is 14.7 Å². The zero-order valence-electron chi connectivity index (χ0n) is 20.5. The van der Waals surface area contributed by atoms with Crippen LogP contribution in [-0.2, 0) is 14.9 Å². The number of benzene rings is 2. The fourth-order valence-corrected chi connectivity index (χ4v) is 12.8. The van der Waals surface area contributed by atoms with E-state index in [4.69, 9.17) is 15.5 Å². The molecule has 0 spiro atoms.